The zero-order chi connectivity index (χ0) is 25.4. The van der Waals surface area contributed by atoms with Crippen LogP contribution in [0.3, 0.4) is 0 Å². The summed E-state index contributed by atoms with van der Waals surface area (Å²) in [7, 11) is 0. The number of esters is 1. The van der Waals surface area contributed by atoms with Gasteiger partial charge >= 0.3 is 5.97 Å². The topological polar surface area (TPSA) is 110 Å². The Morgan fingerprint density at radius 1 is 0.833 bits per heavy atom. The lowest BCUT2D eigenvalue weighted by atomic mass is 9.82. The summed E-state index contributed by atoms with van der Waals surface area (Å²) in [6.07, 6.45) is 0. The van der Waals surface area contributed by atoms with Gasteiger partial charge in [-0.25, -0.2) is 9.18 Å². The molecule has 0 aromatic heterocycles. The highest BCUT2D eigenvalue weighted by Gasteiger charge is 2.33. The lowest BCUT2D eigenvalue weighted by molar-refractivity contribution is -0.134. The van der Waals surface area contributed by atoms with Gasteiger partial charge in [0.05, 0.1) is 16.8 Å². The fraction of sp³-hybridized carbons (Fsp3) is 0.185. The average Bonchev–Trinajstić information content (AvgIpc) is 2.90. The van der Waals surface area contributed by atoms with Crippen LogP contribution in [0.25, 0.3) is 0 Å². The second kappa shape index (κ2) is 9.26. The number of fused-ring (bicyclic) bond motifs is 2. The Hall–Kier alpha value is -4.53. The minimum absolute atomic E-state index is 0.0311. The summed E-state index contributed by atoms with van der Waals surface area (Å²) >= 11 is 0. The summed E-state index contributed by atoms with van der Waals surface area (Å²) < 4.78 is 18.4. The highest BCUT2D eigenvalue weighted by molar-refractivity contribution is 6.30. The first kappa shape index (κ1) is 23.2. The highest BCUT2D eigenvalue weighted by Crippen LogP contribution is 2.33. The van der Waals surface area contributed by atoms with Crippen LogP contribution < -0.4 is 10.6 Å². The minimum atomic E-state index is -0.854. The van der Waals surface area contributed by atoms with E-state index in [1.54, 1.807) is 35.2 Å². The van der Waals surface area contributed by atoms with Gasteiger partial charge in [0.25, 0.3) is 5.91 Å². The van der Waals surface area contributed by atoms with Gasteiger partial charge in [-0.1, -0.05) is 24.3 Å². The number of piperazine rings is 1. The fourth-order valence-corrected chi connectivity index (χ4v) is 4.55. The number of nitrogens with zero attached hydrogens (tertiary/aromatic N) is 2. The van der Waals surface area contributed by atoms with Crippen molar-refractivity contribution >= 4 is 34.8 Å². The number of hydrogen-bond donors (Lipinski definition) is 1. The van der Waals surface area contributed by atoms with Gasteiger partial charge < -0.3 is 20.3 Å². The lowest BCUT2D eigenvalue weighted by Crippen LogP contribution is -2.49. The molecule has 1 fully saturated rings. The zero-order valence-corrected chi connectivity index (χ0v) is 19.2. The standard InChI is InChI=1S/C27H22FN3O5/c28-16-5-7-17(8-6-16)30-11-13-31(14-12-30)22(32)15-36-27(35)21-10-9-20-23(24(21)29)26(34)19-4-2-1-3-18(19)25(20)33/h1-10H,11-15,29H2. The zero-order valence-electron chi connectivity index (χ0n) is 19.2. The minimum Gasteiger partial charge on any atom is -0.452 e. The van der Waals surface area contributed by atoms with Crippen LogP contribution >= 0.6 is 0 Å². The molecule has 0 spiro atoms. The van der Waals surface area contributed by atoms with E-state index in [0.717, 1.165) is 5.69 Å². The number of ether oxygens (including phenoxy) is 1. The molecule has 0 radical (unpaired) electrons. The van der Waals surface area contributed by atoms with Crippen LogP contribution in [0.4, 0.5) is 15.8 Å². The lowest BCUT2D eigenvalue weighted by Gasteiger charge is -2.36. The number of halogens is 1. The van der Waals surface area contributed by atoms with E-state index in [-0.39, 0.29) is 51.0 Å². The van der Waals surface area contributed by atoms with Crippen LogP contribution in [-0.4, -0.2) is 61.1 Å². The third-order valence-electron chi connectivity index (χ3n) is 6.50. The molecule has 0 unspecified atom stereocenters. The number of rotatable bonds is 4. The molecule has 1 heterocycles. The summed E-state index contributed by atoms with van der Waals surface area (Å²) in [5.41, 5.74) is 7.39. The molecular weight excluding hydrogens is 465 g/mol. The first-order chi connectivity index (χ1) is 17.3. The van der Waals surface area contributed by atoms with Crippen LogP contribution in [0.5, 0.6) is 0 Å². The van der Waals surface area contributed by atoms with Crippen molar-refractivity contribution in [2.75, 3.05) is 43.4 Å². The van der Waals surface area contributed by atoms with Crippen molar-refractivity contribution in [2.45, 2.75) is 0 Å². The van der Waals surface area contributed by atoms with Crippen LogP contribution in [-0.2, 0) is 9.53 Å². The van der Waals surface area contributed by atoms with E-state index in [1.807, 2.05) is 4.90 Å². The second-order valence-corrected chi connectivity index (χ2v) is 8.57. The first-order valence-corrected chi connectivity index (χ1v) is 11.4. The number of nitrogens with two attached hydrogens (primary N) is 1. The summed E-state index contributed by atoms with van der Waals surface area (Å²) in [6, 6.07) is 15.3. The third-order valence-corrected chi connectivity index (χ3v) is 6.50. The van der Waals surface area contributed by atoms with Crippen molar-refractivity contribution in [1.82, 2.24) is 4.90 Å². The molecule has 1 aliphatic carbocycles. The van der Waals surface area contributed by atoms with E-state index in [1.165, 1.54) is 30.3 Å². The molecule has 5 rings (SSSR count). The number of amides is 1. The second-order valence-electron chi connectivity index (χ2n) is 8.57. The van der Waals surface area contributed by atoms with Crippen LogP contribution in [0.2, 0.25) is 0 Å². The van der Waals surface area contributed by atoms with Crippen molar-refractivity contribution in [3.05, 3.63) is 94.3 Å². The molecule has 36 heavy (non-hydrogen) atoms. The van der Waals surface area contributed by atoms with E-state index in [4.69, 9.17) is 10.5 Å². The predicted molar refractivity (Wildman–Crippen MR) is 130 cm³/mol. The molecule has 3 aromatic rings. The van der Waals surface area contributed by atoms with Crippen molar-refractivity contribution in [3.8, 4) is 0 Å². The Kier molecular flexibility index (Phi) is 5.97. The van der Waals surface area contributed by atoms with Gasteiger partial charge in [-0.2, -0.15) is 0 Å². The molecule has 1 saturated heterocycles. The molecule has 2 aliphatic rings. The van der Waals surface area contributed by atoms with E-state index in [0.29, 0.717) is 26.2 Å². The van der Waals surface area contributed by atoms with Gasteiger partial charge in [-0.15, -0.1) is 0 Å². The van der Waals surface area contributed by atoms with E-state index in [9.17, 15) is 23.6 Å². The Balaban J connectivity index is 1.23. The van der Waals surface area contributed by atoms with Crippen LogP contribution in [0, 0.1) is 5.82 Å². The fourth-order valence-electron chi connectivity index (χ4n) is 4.55. The van der Waals surface area contributed by atoms with Crippen molar-refractivity contribution in [1.29, 1.82) is 0 Å². The summed E-state index contributed by atoms with van der Waals surface area (Å²) in [4.78, 5) is 54.8. The summed E-state index contributed by atoms with van der Waals surface area (Å²) in [5.74, 6) is -2.31. The molecule has 9 heteroatoms. The SMILES string of the molecule is Nc1c(C(=O)OCC(=O)N2CCN(c3ccc(F)cc3)CC2)ccc2c1C(=O)c1ccccc1C2=O. The molecule has 3 aromatic carbocycles. The Bertz CT molecular complexity index is 1400. The molecule has 2 N–H and O–H groups in total. The first-order valence-electron chi connectivity index (χ1n) is 11.4. The van der Waals surface area contributed by atoms with Crippen LogP contribution in [0.15, 0.2) is 60.7 Å². The highest BCUT2D eigenvalue weighted by atomic mass is 19.1. The summed E-state index contributed by atoms with van der Waals surface area (Å²) in [5, 5.41) is 0. The number of anilines is 2. The van der Waals surface area contributed by atoms with Gasteiger partial charge in [0, 0.05) is 48.6 Å². The molecule has 8 nitrogen and oxygen atoms in total. The smallest absolute Gasteiger partial charge is 0.340 e. The van der Waals surface area contributed by atoms with Gasteiger partial charge in [0.15, 0.2) is 18.2 Å². The van der Waals surface area contributed by atoms with Gasteiger partial charge in [0.2, 0.25) is 0 Å². The Morgan fingerprint density at radius 3 is 2.14 bits per heavy atom. The summed E-state index contributed by atoms with van der Waals surface area (Å²) in [6.45, 7) is 1.47. The van der Waals surface area contributed by atoms with Gasteiger partial charge in [-0.05, 0) is 36.4 Å². The maximum Gasteiger partial charge on any atom is 0.340 e. The number of carbonyl (C=O) groups is 4. The number of benzene rings is 3. The molecule has 182 valence electrons. The average molecular weight is 487 g/mol. The Labute approximate surface area is 206 Å². The maximum atomic E-state index is 13.1. The molecule has 0 bridgehead atoms. The molecule has 0 atom stereocenters. The third kappa shape index (κ3) is 4.08. The van der Waals surface area contributed by atoms with Crippen molar-refractivity contribution < 1.29 is 28.3 Å². The maximum absolute atomic E-state index is 13.1. The molecule has 1 aliphatic heterocycles. The van der Waals surface area contributed by atoms with Gasteiger partial charge in [-0.3, -0.25) is 14.4 Å². The van der Waals surface area contributed by atoms with E-state index in [2.05, 4.69) is 0 Å². The van der Waals surface area contributed by atoms with Crippen LogP contribution in [0.1, 0.15) is 42.2 Å². The van der Waals surface area contributed by atoms with E-state index < -0.39 is 18.4 Å². The molecular formula is C27H22FN3O5. The number of hydrogen-bond acceptors (Lipinski definition) is 7. The number of carbonyl (C=O) groups excluding carboxylic acids is 4. The largest absolute Gasteiger partial charge is 0.452 e. The normalized spacial score (nSPS) is 14.8. The van der Waals surface area contributed by atoms with Crippen molar-refractivity contribution in [2.24, 2.45) is 0 Å². The quantitative estimate of drug-likeness (QED) is 0.348. The van der Waals surface area contributed by atoms with E-state index >= 15 is 0 Å². The molecule has 1 amide bonds. The van der Waals surface area contributed by atoms with Gasteiger partial charge in [0.1, 0.15) is 5.82 Å². The Morgan fingerprint density at radius 2 is 1.47 bits per heavy atom. The number of nitrogen functional groups attached to an aromatic ring is 1. The predicted octanol–water partition coefficient (Wildman–Crippen LogP) is 2.69. The number of ketones is 2. The van der Waals surface area contributed by atoms with Crippen molar-refractivity contribution in [3.63, 3.8) is 0 Å². The monoisotopic (exact) mass is 487 g/mol. The molecule has 0 saturated carbocycles.